The molecule has 4 nitrogen and oxygen atoms in total. The van der Waals surface area contributed by atoms with Crippen molar-refractivity contribution in [3.63, 3.8) is 0 Å². The molecule has 1 aromatic heterocycles. The fourth-order valence-corrected chi connectivity index (χ4v) is 2.48. The first-order chi connectivity index (χ1) is 11.5. The molecule has 3 aromatic rings. The van der Waals surface area contributed by atoms with Crippen molar-refractivity contribution >= 4 is 22.8 Å². The first kappa shape index (κ1) is 15.7. The van der Waals surface area contributed by atoms with Crippen molar-refractivity contribution in [2.45, 2.75) is 13.8 Å². The highest BCUT2D eigenvalue weighted by atomic mass is 16.4. The van der Waals surface area contributed by atoms with Crippen molar-refractivity contribution in [3.8, 4) is 5.75 Å². The number of hydrogen-bond acceptors (Lipinski definition) is 4. The average molecular weight is 320 g/mol. The highest BCUT2D eigenvalue weighted by molar-refractivity contribution is 6.10. The molecule has 0 bridgehead atoms. The second-order valence-electron chi connectivity index (χ2n) is 5.65. The predicted octanol–water partition coefficient (Wildman–Crippen LogP) is 4.01. The van der Waals surface area contributed by atoms with E-state index in [1.807, 2.05) is 44.2 Å². The molecule has 3 rings (SSSR count). The van der Waals surface area contributed by atoms with Crippen LogP contribution in [-0.4, -0.2) is 10.9 Å². The van der Waals surface area contributed by atoms with Crippen molar-refractivity contribution < 1.29 is 14.3 Å². The van der Waals surface area contributed by atoms with Crippen molar-refractivity contribution in [1.29, 1.82) is 0 Å². The molecule has 4 heteroatoms. The Morgan fingerprint density at radius 1 is 1.08 bits per heavy atom. The minimum atomic E-state index is -0.842. The van der Waals surface area contributed by atoms with Gasteiger partial charge in [0.05, 0.1) is 5.39 Å². The van der Waals surface area contributed by atoms with E-state index in [2.05, 4.69) is 0 Å². The Balaban J connectivity index is 2.09. The lowest BCUT2D eigenvalue weighted by molar-refractivity contribution is 0.104. The number of hydrogen-bond donors (Lipinski definition) is 1. The Morgan fingerprint density at radius 2 is 1.75 bits per heavy atom. The van der Waals surface area contributed by atoms with Crippen LogP contribution in [0.2, 0.25) is 0 Å². The van der Waals surface area contributed by atoms with Crippen LogP contribution in [0.25, 0.3) is 17.0 Å². The number of carbonyl (C=O) groups is 1. The molecule has 0 spiro atoms. The number of aryl methyl sites for hydroxylation is 2. The lowest BCUT2D eigenvalue weighted by Gasteiger charge is -2.07. The number of rotatable bonds is 3. The second-order valence-corrected chi connectivity index (χ2v) is 5.65. The van der Waals surface area contributed by atoms with Crippen LogP contribution in [-0.2, 0) is 0 Å². The molecule has 1 N–H and O–H groups in total. The first-order valence-corrected chi connectivity index (χ1v) is 7.52. The van der Waals surface area contributed by atoms with E-state index in [-0.39, 0.29) is 16.9 Å². The molecular weight excluding hydrogens is 304 g/mol. The summed E-state index contributed by atoms with van der Waals surface area (Å²) >= 11 is 0. The summed E-state index contributed by atoms with van der Waals surface area (Å²) < 4.78 is 5.21. The highest BCUT2D eigenvalue weighted by Crippen LogP contribution is 2.29. The normalized spacial score (nSPS) is 11.2. The van der Waals surface area contributed by atoms with Gasteiger partial charge in [-0.3, -0.25) is 4.79 Å². The van der Waals surface area contributed by atoms with E-state index >= 15 is 0 Å². The minimum Gasteiger partial charge on any atom is -0.506 e. The Hall–Kier alpha value is -3.14. The molecule has 0 fully saturated rings. The van der Waals surface area contributed by atoms with E-state index in [9.17, 15) is 14.7 Å². The molecule has 0 atom stereocenters. The number of benzene rings is 2. The number of ketones is 1. The van der Waals surface area contributed by atoms with Gasteiger partial charge in [-0.25, -0.2) is 4.79 Å². The molecular formula is C20H16O4. The maximum atomic E-state index is 12.3. The molecule has 0 saturated carbocycles. The van der Waals surface area contributed by atoms with Crippen molar-refractivity contribution in [3.05, 3.63) is 81.2 Å². The van der Waals surface area contributed by atoms with Gasteiger partial charge in [-0.05, 0) is 48.7 Å². The van der Waals surface area contributed by atoms with Crippen LogP contribution in [0.1, 0.15) is 27.0 Å². The van der Waals surface area contributed by atoms with Gasteiger partial charge in [-0.2, -0.15) is 0 Å². The van der Waals surface area contributed by atoms with Gasteiger partial charge >= 0.3 is 5.63 Å². The number of fused-ring (bicyclic) bond motifs is 1. The lowest BCUT2D eigenvalue weighted by Crippen LogP contribution is -2.13. The highest BCUT2D eigenvalue weighted by Gasteiger charge is 2.19. The van der Waals surface area contributed by atoms with E-state index in [1.165, 1.54) is 6.08 Å². The Kier molecular flexibility index (Phi) is 4.04. The Bertz CT molecular complexity index is 1010. The summed E-state index contributed by atoms with van der Waals surface area (Å²) in [5.41, 5.74) is 1.77. The third-order valence-corrected chi connectivity index (χ3v) is 3.97. The van der Waals surface area contributed by atoms with Crippen molar-refractivity contribution in [2.75, 3.05) is 0 Å². The van der Waals surface area contributed by atoms with Gasteiger partial charge in [0, 0.05) is 0 Å². The zero-order valence-corrected chi connectivity index (χ0v) is 13.4. The van der Waals surface area contributed by atoms with Crippen molar-refractivity contribution in [2.24, 2.45) is 0 Å². The van der Waals surface area contributed by atoms with E-state index in [1.54, 1.807) is 18.2 Å². The van der Waals surface area contributed by atoms with E-state index in [0.717, 1.165) is 16.7 Å². The molecule has 24 heavy (non-hydrogen) atoms. The molecule has 0 amide bonds. The number of allylic oxidation sites excluding steroid dienone is 1. The predicted molar refractivity (Wildman–Crippen MR) is 93.4 cm³/mol. The van der Waals surface area contributed by atoms with Gasteiger partial charge in [-0.1, -0.05) is 36.4 Å². The molecule has 2 aromatic carbocycles. The van der Waals surface area contributed by atoms with Gasteiger partial charge < -0.3 is 9.52 Å². The maximum absolute atomic E-state index is 12.3. The summed E-state index contributed by atoms with van der Waals surface area (Å²) in [5.74, 6) is -0.933. The molecule has 120 valence electrons. The topological polar surface area (TPSA) is 67.5 Å². The van der Waals surface area contributed by atoms with Gasteiger partial charge in [-0.15, -0.1) is 0 Å². The van der Waals surface area contributed by atoms with Crippen LogP contribution in [0.5, 0.6) is 5.75 Å². The van der Waals surface area contributed by atoms with Crippen LogP contribution >= 0.6 is 0 Å². The molecule has 0 unspecified atom stereocenters. The standard InChI is InChI=1S/C20H16O4/c1-12-10-15-17(11-13(12)2)24-20(23)18(19(15)22)16(21)9-8-14-6-4-3-5-7-14/h3-11,22H,1-2H3/b9-8+. The molecule has 1 heterocycles. The van der Waals surface area contributed by atoms with Crippen LogP contribution in [0, 0.1) is 13.8 Å². The Labute approximate surface area is 138 Å². The monoisotopic (exact) mass is 320 g/mol. The van der Waals surface area contributed by atoms with Gasteiger partial charge in [0.25, 0.3) is 0 Å². The third kappa shape index (κ3) is 2.86. The summed E-state index contributed by atoms with van der Waals surface area (Å²) in [6.45, 7) is 3.77. The fraction of sp³-hybridized carbons (Fsp3) is 0.100. The minimum absolute atomic E-state index is 0.268. The van der Waals surface area contributed by atoms with E-state index in [4.69, 9.17) is 4.42 Å². The smallest absolute Gasteiger partial charge is 0.351 e. The first-order valence-electron chi connectivity index (χ1n) is 7.52. The average Bonchev–Trinajstić information content (AvgIpc) is 2.56. The molecule has 0 aliphatic carbocycles. The summed E-state index contributed by atoms with van der Waals surface area (Å²) in [6.07, 6.45) is 2.85. The van der Waals surface area contributed by atoms with Crippen LogP contribution in [0.15, 0.2) is 57.8 Å². The third-order valence-electron chi connectivity index (χ3n) is 3.97. The molecule has 0 saturated heterocycles. The SMILES string of the molecule is Cc1cc2oc(=O)c(C(=O)/C=C/c3ccccc3)c(O)c2cc1C. The summed E-state index contributed by atoms with van der Waals surface area (Å²) in [6, 6.07) is 12.6. The van der Waals surface area contributed by atoms with E-state index < -0.39 is 11.4 Å². The van der Waals surface area contributed by atoms with Gasteiger partial charge in [0.1, 0.15) is 16.9 Å². The van der Waals surface area contributed by atoms with Crippen LogP contribution in [0.4, 0.5) is 0 Å². The zero-order chi connectivity index (χ0) is 17.3. The largest absolute Gasteiger partial charge is 0.506 e. The van der Waals surface area contributed by atoms with Gasteiger partial charge in [0.15, 0.2) is 5.78 Å². The van der Waals surface area contributed by atoms with Crippen LogP contribution < -0.4 is 5.63 Å². The molecule has 0 aliphatic heterocycles. The maximum Gasteiger partial charge on any atom is 0.351 e. The van der Waals surface area contributed by atoms with Crippen molar-refractivity contribution in [1.82, 2.24) is 0 Å². The zero-order valence-electron chi connectivity index (χ0n) is 13.4. The number of carbonyl (C=O) groups excluding carboxylic acids is 1. The van der Waals surface area contributed by atoms with Gasteiger partial charge in [0.2, 0.25) is 0 Å². The quantitative estimate of drug-likeness (QED) is 0.450. The molecule has 0 radical (unpaired) electrons. The fourth-order valence-electron chi connectivity index (χ4n) is 2.48. The molecule has 0 aliphatic rings. The summed E-state index contributed by atoms with van der Waals surface area (Å²) in [7, 11) is 0. The summed E-state index contributed by atoms with van der Waals surface area (Å²) in [5, 5.41) is 10.8. The second kappa shape index (κ2) is 6.16. The van der Waals surface area contributed by atoms with Crippen LogP contribution in [0.3, 0.4) is 0 Å². The number of aromatic hydroxyl groups is 1. The Morgan fingerprint density at radius 3 is 2.46 bits per heavy atom. The lowest BCUT2D eigenvalue weighted by atomic mass is 10.0. The van der Waals surface area contributed by atoms with E-state index in [0.29, 0.717) is 5.39 Å². The summed E-state index contributed by atoms with van der Waals surface area (Å²) in [4.78, 5) is 24.5.